The van der Waals surface area contributed by atoms with E-state index in [0.717, 1.165) is 5.08 Å². The van der Waals surface area contributed by atoms with Crippen LogP contribution in [0.2, 0.25) is 0 Å². The van der Waals surface area contributed by atoms with Crippen LogP contribution in [-0.2, 0) is 4.79 Å². The summed E-state index contributed by atoms with van der Waals surface area (Å²) in [5, 5.41) is 1.09. The molecule has 0 amide bonds. The van der Waals surface area contributed by atoms with Crippen molar-refractivity contribution < 1.29 is 4.79 Å². The van der Waals surface area contributed by atoms with Crippen molar-refractivity contribution in [3.63, 3.8) is 0 Å². The van der Waals surface area contributed by atoms with E-state index in [9.17, 15) is 4.79 Å². The summed E-state index contributed by atoms with van der Waals surface area (Å²) in [5.74, 6) is 0. The molecule has 0 saturated carbocycles. The van der Waals surface area contributed by atoms with E-state index in [2.05, 4.69) is 0 Å². The van der Waals surface area contributed by atoms with Crippen LogP contribution >= 0.6 is 23.5 Å². The molecule has 3 heteroatoms. The fourth-order valence-corrected chi connectivity index (χ4v) is 1.28. The molecule has 0 N–H and O–H groups in total. The summed E-state index contributed by atoms with van der Waals surface area (Å²) in [6, 6.07) is 0. The highest BCUT2D eigenvalue weighted by atomic mass is 32.2. The molecule has 0 aromatic carbocycles. The predicted molar refractivity (Wildman–Crippen MR) is 36.7 cm³/mol. The number of carbonyl (C=O) groups is 1. The van der Waals surface area contributed by atoms with Crippen LogP contribution in [0, 0.1) is 0 Å². The Balaban J connectivity index is 2.82. The monoisotopic (exact) mass is 136 g/mol. The van der Waals surface area contributed by atoms with Gasteiger partial charge in [-0.25, -0.2) is 0 Å². The minimum Gasteiger partial charge on any atom is -0.288 e. The Morgan fingerprint density at radius 1 is 1.71 bits per heavy atom. The summed E-state index contributed by atoms with van der Waals surface area (Å²) in [7, 11) is 0. The van der Waals surface area contributed by atoms with Gasteiger partial charge < -0.3 is 0 Å². The first-order chi connectivity index (χ1) is 3.27. The Kier molecular flexibility index (Phi) is 4.77. The minimum absolute atomic E-state index is 0.203. The van der Waals surface area contributed by atoms with Gasteiger partial charge in [0.05, 0.1) is 0 Å². The van der Waals surface area contributed by atoms with Gasteiger partial charge in [-0.05, 0) is 6.26 Å². The van der Waals surface area contributed by atoms with Crippen LogP contribution in [-0.4, -0.2) is 16.5 Å². The van der Waals surface area contributed by atoms with Crippen LogP contribution in [0.3, 0.4) is 0 Å². The van der Waals surface area contributed by atoms with Crippen LogP contribution in [0.25, 0.3) is 0 Å². The van der Waals surface area contributed by atoms with Crippen LogP contribution < -0.4 is 0 Å². The first kappa shape index (κ1) is 7.37. The van der Waals surface area contributed by atoms with Crippen LogP contribution in [0.5, 0.6) is 0 Å². The van der Waals surface area contributed by atoms with Crippen LogP contribution in [0.4, 0.5) is 0 Å². The molecule has 0 aromatic heterocycles. The molecule has 0 atom stereocenters. The second-order valence-electron chi connectivity index (χ2n) is 1.04. The van der Waals surface area contributed by atoms with Gasteiger partial charge in [0.15, 0.2) is 5.12 Å². The number of rotatable bonds is 2. The molecule has 0 bridgehead atoms. The van der Waals surface area contributed by atoms with E-state index in [-0.39, 0.29) is 5.12 Å². The van der Waals surface area contributed by atoms with Crippen molar-refractivity contribution in [2.75, 3.05) is 11.3 Å². The highest BCUT2D eigenvalue weighted by molar-refractivity contribution is 8.23. The van der Waals surface area contributed by atoms with Crippen molar-refractivity contribution in [2.45, 2.75) is 6.92 Å². The van der Waals surface area contributed by atoms with Crippen molar-refractivity contribution in [3.8, 4) is 0 Å². The Bertz CT molecular complexity index is 62.7. The average Bonchev–Trinajstić information content (AvgIpc) is 1.61. The van der Waals surface area contributed by atoms with E-state index < -0.39 is 0 Å². The highest BCUT2D eigenvalue weighted by Crippen LogP contribution is 2.07. The first-order valence-corrected chi connectivity index (χ1v) is 4.27. The van der Waals surface area contributed by atoms with Gasteiger partial charge in [0.25, 0.3) is 0 Å². The third kappa shape index (κ3) is 6.37. The predicted octanol–water partition coefficient (Wildman–Crippen LogP) is 1.59. The fourth-order valence-electron chi connectivity index (χ4n) is 0.142. The lowest BCUT2D eigenvalue weighted by atomic mass is 10.9. The van der Waals surface area contributed by atoms with E-state index in [1.807, 2.05) is 6.26 Å². The second kappa shape index (κ2) is 4.53. The standard InChI is InChI=1S/C4H8OS2/c1-4(5)7-3-6-2/h3H2,1-2H3. The zero-order valence-electron chi connectivity index (χ0n) is 4.43. The van der Waals surface area contributed by atoms with Crippen molar-refractivity contribution in [2.24, 2.45) is 0 Å². The largest absolute Gasteiger partial charge is 0.288 e. The van der Waals surface area contributed by atoms with Crippen LogP contribution in [0.15, 0.2) is 0 Å². The van der Waals surface area contributed by atoms with Crippen molar-refractivity contribution in [1.29, 1.82) is 0 Å². The molecule has 0 heterocycles. The summed E-state index contributed by atoms with van der Waals surface area (Å²) in [6.45, 7) is 1.58. The Labute approximate surface area is 52.2 Å². The summed E-state index contributed by atoms with van der Waals surface area (Å²) >= 11 is 3.03. The molecule has 0 radical (unpaired) electrons. The fraction of sp³-hybridized carbons (Fsp3) is 0.750. The second-order valence-corrected chi connectivity index (χ2v) is 3.43. The van der Waals surface area contributed by atoms with Gasteiger partial charge in [0, 0.05) is 12.0 Å². The van der Waals surface area contributed by atoms with E-state index in [1.54, 1.807) is 18.7 Å². The topological polar surface area (TPSA) is 17.1 Å². The minimum atomic E-state index is 0.203. The Hall–Kier alpha value is 0.370. The molecular formula is C4H8OS2. The number of thioether (sulfide) groups is 2. The maximum absolute atomic E-state index is 10.2. The van der Waals surface area contributed by atoms with Crippen LogP contribution in [0.1, 0.15) is 6.92 Å². The molecule has 1 nitrogen and oxygen atoms in total. The maximum atomic E-state index is 10.2. The molecular weight excluding hydrogens is 128 g/mol. The molecule has 42 valence electrons. The van der Waals surface area contributed by atoms with E-state index >= 15 is 0 Å². The average molecular weight is 136 g/mol. The molecule has 0 spiro atoms. The molecule has 0 saturated heterocycles. The summed E-state index contributed by atoms with van der Waals surface area (Å²) < 4.78 is 0. The van der Waals surface area contributed by atoms with Gasteiger partial charge in [-0.15, -0.1) is 0 Å². The molecule has 0 aliphatic rings. The lowest BCUT2D eigenvalue weighted by Gasteiger charge is -1.86. The molecule has 0 unspecified atom stereocenters. The van der Waals surface area contributed by atoms with Gasteiger partial charge >= 0.3 is 0 Å². The smallest absolute Gasteiger partial charge is 0.186 e. The summed E-state index contributed by atoms with van der Waals surface area (Å²) in [4.78, 5) is 10.2. The number of hydrogen-bond donors (Lipinski definition) is 0. The van der Waals surface area contributed by atoms with Crippen molar-refractivity contribution in [1.82, 2.24) is 0 Å². The molecule has 0 fully saturated rings. The van der Waals surface area contributed by atoms with Gasteiger partial charge in [0.1, 0.15) is 0 Å². The summed E-state index contributed by atoms with van der Waals surface area (Å²) in [5.41, 5.74) is 0. The maximum Gasteiger partial charge on any atom is 0.186 e. The third-order valence-corrected chi connectivity index (χ3v) is 2.20. The lowest BCUT2D eigenvalue weighted by Crippen LogP contribution is -1.79. The van der Waals surface area contributed by atoms with E-state index in [1.165, 1.54) is 11.8 Å². The molecule has 0 aliphatic carbocycles. The lowest BCUT2D eigenvalue weighted by molar-refractivity contribution is -0.109. The van der Waals surface area contributed by atoms with Gasteiger partial charge in [-0.3, -0.25) is 4.79 Å². The van der Waals surface area contributed by atoms with E-state index in [0.29, 0.717) is 0 Å². The highest BCUT2D eigenvalue weighted by Gasteiger charge is 1.88. The quantitative estimate of drug-likeness (QED) is 0.537. The molecule has 0 aromatic rings. The number of carbonyl (C=O) groups excluding carboxylic acids is 1. The van der Waals surface area contributed by atoms with Gasteiger partial charge in [0.2, 0.25) is 0 Å². The Morgan fingerprint density at radius 2 is 2.29 bits per heavy atom. The SMILES string of the molecule is CSCSC(C)=O. The summed E-state index contributed by atoms with van der Waals surface area (Å²) in [6.07, 6.45) is 1.98. The molecule has 0 rings (SSSR count). The van der Waals surface area contributed by atoms with Crippen molar-refractivity contribution in [3.05, 3.63) is 0 Å². The molecule has 0 aliphatic heterocycles. The van der Waals surface area contributed by atoms with Gasteiger partial charge in [-0.2, -0.15) is 11.8 Å². The van der Waals surface area contributed by atoms with Gasteiger partial charge in [-0.1, -0.05) is 11.8 Å². The third-order valence-electron chi connectivity index (χ3n) is 0.380. The normalized spacial score (nSPS) is 8.86. The first-order valence-electron chi connectivity index (χ1n) is 1.89. The number of hydrogen-bond acceptors (Lipinski definition) is 3. The zero-order chi connectivity index (χ0) is 5.70. The Morgan fingerprint density at radius 3 is 2.43 bits per heavy atom. The molecule has 7 heavy (non-hydrogen) atoms. The van der Waals surface area contributed by atoms with E-state index in [4.69, 9.17) is 0 Å². The zero-order valence-corrected chi connectivity index (χ0v) is 6.06. The van der Waals surface area contributed by atoms with Crippen molar-refractivity contribution >= 4 is 28.6 Å².